The molecule has 1 amide bonds. The summed E-state index contributed by atoms with van der Waals surface area (Å²) in [4.78, 5) is 11.6. The van der Waals surface area contributed by atoms with Crippen molar-refractivity contribution in [3.8, 4) is 0 Å². The molecule has 3 nitrogen and oxygen atoms in total. The SMILES string of the molecule is CCCNCC(=O)N[C@@H](C)c1cccc(Cl)c1. The predicted octanol–water partition coefficient (Wildman–Crippen LogP) is 2.52. The summed E-state index contributed by atoms with van der Waals surface area (Å²) in [6.45, 7) is 5.24. The van der Waals surface area contributed by atoms with Crippen molar-refractivity contribution in [3.63, 3.8) is 0 Å². The van der Waals surface area contributed by atoms with Gasteiger partial charge in [0.25, 0.3) is 0 Å². The van der Waals surface area contributed by atoms with Crippen molar-refractivity contribution in [2.45, 2.75) is 26.3 Å². The molecule has 0 bridgehead atoms. The lowest BCUT2D eigenvalue weighted by molar-refractivity contribution is -0.120. The predicted molar refractivity (Wildman–Crippen MR) is 71.2 cm³/mol. The first-order valence-electron chi connectivity index (χ1n) is 5.89. The number of amides is 1. The Labute approximate surface area is 108 Å². The molecule has 0 heterocycles. The molecule has 0 aliphatic rings. The number of carbonyl (C=O) groups excluding carboxylic acids is 1. The van der Waals surface area contributed by atoms with E-state index >= 15 is 0 Å². The van der Waals surface area contributed by atoms with Gasteiger partial charge in [-0.2, -0.15) is 0 Å². The van der Waals surface area contributed by atoms with Crippen LogP contribution in [0.25, 0.3) is 0 Å². The number of benzene rings is 1. The van der Waals surface area contributed by atoms with E-state index in [4.69, 9.17) is 11.6 Å². The molecule has 1 aromatic rings. The molecule has 0 aliphatic heterocycles. The molecule has 0 radical (unpaired) electrons. The van der Waals surface area contributed by atoms with Gasteiger partial charge < -0.3 is 10.6 Å². The van der Waals surface area contributed by atoms with Crippen LogP contribution in [0.3, 0.4) is 0 Å². The Hall–Kier alpha value is -1.06. The average molecular weight is 255 g/mol. The highest BCUT2D eigenvalue weighted by Gasteiger charge is 2.08. The zero-order valence-corrected chi connectivity index (χ0v) is 11.1. The molecule has 1 rings (SSSR count). The van der Waals surface area contributed by atoms with Gasteiger partial charge in [-0.15, -0.1) is 0 Å². The maximum absolute atomic E-state index is 11.6. The molecule has 0 aliphatic carbocycles. The molecular formula is C13H19ClN2O. The first-order valence-corrected chi connectivity index (χ1v) is 6.26. The van der Waals surface area contributed by atoms with Gasteiger partial charge in [-0.3, -0.25) is 4.79 Å². The van der Waals surface area contributed by atoms with E-state index in [0.29, 0.717) is 11.6 Å². The van der Waals surface area contributed by atoms with Crippen LogP contribution in [0.1, 0.15) is 31.9 Å². The Balaban J connectivity index is 2.43. The van der Waals surface area contributed by atoms with E-state index in [9.17, 15) is 4.79 Å². The number of halogens is 1. The van der Waals surface area contributed by atoms with Crippen LogP contribution in [-0.4, -0.2) is 19.0 Å². The molecule has 0 saturated carbocycles. The smallest absolute Gasteiger partial charge is 0.234 e. The number of hydrogen-bond donors (Lipinski definition) is 2. The Morgan fingerprint density at radius 2 is 2.24 bits per heavy atom. The zero-order chi connectivity index (χ0) is 12.7. The van der Waals surface area contributed by atoms with Crippen molar-refractivity contribution in [2.75, 3.05) is 13.1 Å². The van der Waals surface area contributed by atoms with Crippen molar-refractivity contribution in [3.05, 3.63) is 34.9 Å². The summed E-state index contributed by atoms with van der Waals surface area (Å²) in [6.07, 6.45) is 1.02. The van der Waals surface area contributed by atoms with E-state index in [-0.39, 0.29) is 11.9 Å². The van der Waals surface area contributed by atoms with Crippen LogP contribution >= 0.6 is 11.6 Å². The number of hydrogen-bond acceptors (Lipinski definition) is 2. The largest absolute Gasteiger partial charge is 0.348 e. The molecule has 0 fully saturated rings. The van der Waals surface area contributed by atoms with Gasteiger partial charge in [0.1, 0.15) is 0 Å². The Morgan fingerprint density at radius 1 is 1.47 bits per heavy atom. The Morgan fingerprint density at radius 3 is 2.88 bits per heavy atom. The van der Waals surface area contributed by atoms with Crippen molar-refractivity contribution in [1.82, 2.24) is 10.6 Å². The first kappa shape index (κ1) is 14.0. The molecule has 0 saturated heterocycles. The molecule has 17 heavy (non-hydrogen) atoms. The third-order valence-corrected chi connectivity index (χ3v) is 2.67. The maximum Gasteiger partial charge on any atom is 0.234 e. The third-order valence-electron chi connectivity index (χ3n) is 2.44. The lowest BCUT2D eigenvalue weighted by atomic mass is 10.1. The van der Waals surface area contributed by atoms with Crippen LogP contribution in [0.2, 0.25) is 5.02 Å². The lowest BCUT2D eigenvalue weighted by Crippen LogP contribution is -2.35. The molecule has 2 N–H and O–H groups in total. The first-order chi connectivity index (χ1) is 8.13. The maximum atomic E-state index is 11.6. The van der Waals surface area contributed by atoms with Crippen LogP contribution in [0.15, 0.2) is 24.3 Å². The number of nitrogens with one attached hydrogen (secondary N) is 2. The highest BCUT2D eigenvalue weighted by atomic mass is 35.5. The fourth-order valence-corrected chi connectivity index (χ4v) is 1.73. The summed E-state index contributed by atoms with van der Waals surface area (Å²) in [6, 6.07) is 7.50. The molecule has 4 heteroatoms. The zero-order valence-electron chi connectivity index (χ0n) is 10.3. The molecule has 0 unspecified atom stereocenters. The number of rotatable bonds is 6. The van der Waals surface area contributed by atoms with Gasteiger partial charge in [-0.1, -0.05) is 30.7 Å². The van der Waals surface area contributed by atoms with Crippen molar-refractivity contribution in [2.24, 2.45) is 0 Å². The Bertz CT molecular complexity index is 368. The van der Waals surface area contributed by atoms with Gasteiger partial charge >= 0.3 is 0 Å². The molecule has 1 aromatic carbocycles. The monoisotopic (exact) mass is 254 g/mol. The lowest BCUT2D eigenvalue weighted by Gasteiger charge is -2.14. The minimum atomic E-state index is -0.0235. The summed E-state index contributed by atoms with van der Waals surface area (Å²) in [5.41, 5.74) is 1.02. The second kappa shape index (κ2) is 7.30. The second-order valence-electron chi connectivity index (χ2n) is 4.02. The van der Waals surface area contributed by atoms with E-state index in [1.807, 2.05) is 31.2 Å². The van der Waals surface area contributed by atoms with Crippen LogP contribution in [0.4, 0.5) is 0 Å². The van der Waals surface area contributed by atoms with E-state index in [1.165, 1.54) is 0 Å². The molecule has 1 atom stereocenters. The third kappa shape index (κ3) is 5.20. The van der Waals surface area contributed by atoms with Gasteiger partial charge in [0.2, 0.25) is 5.91 Å². The van der Waals surface area contributed by atoms with E-state index in [2.05, 4.69) is 17.6 Å². The van der Waals surface area contributed by atoms with Crippen LogP contribution < -0.4 is 10.6 Å². The summed E-state index contributed by atoms with van der Waals surface area (Å²) < 4.78 is 0. The van der Waals surface area contributed by atoms with Crippen molar-refractivity contribution >= 4 is 17.5 Å². The van der Waals surface area contributed by atoms with Gasteiger partial charge in [-0.25, -0.2) is 0 Å². The summed E-state index contributed by atoms with van der Waals surface area (Å²) in [5, 5.41) is 6.67. The standard InChI is InChI=1S/C13H19ClN2O/c1-3-7-15-9-13(17)16-10(2)11-5-4-6-12(14)8-11/h4-6,8,10,15H,3,7,9H2,1-2H3,(H,16,17)/t10-/m0/s1. The van der Waals surface area contributed by atoms with Crippen LogP contribution in [0, 0.1) is 0 Å². The van der Waals surface area contributed by atoms with Crippen LogP contribution in [0.5, 0.6) is 0 Å². The normalized spacial score (nSPS) is 12.2. The molecular weight excluding hydrogens is 236 g/mol. The van der Waals surface area contributed by atoms with Crippen molar-refractivity contribution in [1.29, 1.82) is 0 Å². The molecule has 0 aromatic heterocycles. The highest BCUT2D eigenvalue weighted by Crippen LogP contribution is 2.16. The van der Waals surface area contributed by atoms with Gasteiger partial charge in [0, 0.05) is 5.02 Å². The Kier molecular flexibility index (Phi) is 6.01. The highest BCUT2D eigenvalue weighted by molar-refractivity contribution is 6.30. The van der Waals surface area contributed by atoms with Gasteiger partial charge in [0.15, 0.2) is 0 Å². The second-order valence-corrected chi connectivity index (χ2v) is 4.46. The summed E-state index contributed by atoms with van der Waals surface area (Å²) in [5.74, 6) is 0.00549. The number of carbonyl (C=O) groups is 1. The minimum absolute atomic E-state index is 0.00549. The topological polar surface area (TPSA) is 41.1 Å². The average Bonchev–Trinajstić information content (AvgIpc) is 2.29. The fraction of sp³-hybridized carbons (Fsp3) is 0.462. The van der Waals surface area contributed by atoms with E-state index in [0.717, 1.165) is 18.5 Å². The van der Waals surface area contributed by atoms with Gasteiger partial charge in [0.05, 0.1) is 12.6 Å². The summed E-state index contributed by atoms with van der Waals surface area (Å²) >= 11 is 5.90. The molecule has 94 valence electrons. The van der Waals surface area contributed by atoms with Crippen LogP contribution in [-0.2, 0) is 4.79 Å². The van der Waals surface area contributed by atoms with Crippen molar-refractivity contribution < 1.29 is 4.79 Å². The minimum Gasteiger partial charge on any atom is -0.348 e. The van der Waals surface area contributed by atoms with Gasteiger partial charge in [-0.05, 0) is 37.6 Å². The molecule has 0 spiro atoms. The fourth-order valence-electron chi connectivity index (χ4n) is 1.53. The van der Waals surface area contributed by atoms with E-state index in [1.54, 1.807) is 0 Å². The summed E-state index contributed by atoms with van der Waals surface area (Å²) in [7, 11) is 0. The van der Waals surface area contributed by atoms with E-state index < -0.39 is 0 Å². The quantitative estimate of drug-likeness (QED) is 0.766.